The molecule has 0 saturated heterocycles. The van der Waals surface area contributed by atoms with E-state index in [0.717, 1.165) is 5.56 Å². The number of ketones is 1. The van der Waals surface area contributed by atoms with Gasteiger partial charge in [0.15, 0.2) is 5.78 Å². The van der Waals surface area contributed by atoms with Gasteiger partial charge >= 0.3 is 0 Å². The summed E-state index contributed by atoms with van der Waals surface area (Å²) in [6.07, 6.45) is 2.85. The third kappa shape index (κ3) is 6.76. The second-order valence-electron chi connectivity index (χ2n) is 6.15. The number of aliphatic hydroxyl groups excluding tert-OH is 2. The lowest BCUT2D eigenvalue weighted by molar-refractivity contribution is -0.137. The van der Waals surface area contributed by atoms with Crippen molar-refractivity contribution in [1.82, 2.24) is 5.32 Å². The topological polar surface area (TPSA) is 86.6 Å². The van der Waals surface area contributed by atoms with Gasteiger partial charge in [-0.2, -0.15) is 0 Å². The molecule has 0 bridgehead atoms. The van der Waals surface area contributed by atoms with Crippen molar-refractivity contribution in [2.75, 3.05) is 13.2 Å². The molecule has 0 aliphatic carbocycles. The molecule has 1 atom stereocenters. The second-order valence-corrected chi connectivity index (χ2v) is 6.15. The molecule has 0 aromatic heterocycles. The number of hydrogen-bond acceptors (Lipinski definition) is 4. The molecule has 0 radical (unpaired) electrons. The minimum atomic E-state index is -1.31. The molecule has 23 heavy (non-hydrogen) atoms. The second kappa shape index (κ2) is 9.22. The van der Waals surface area contributed by atoms with Crippen LogP contribution in [0.5, 0.6) is 0 Å². The molecular formula is C18H25NO4. The molecule has 1 aromatic carbocycles. The van der Waals surface area contributed by atoms with E-state index in [1.54, 1.807) is 19.9 Å². The Morgan fingerprint density at radius 2 is 1.91 bits per heavy atom. The van der Waals surface area contributed by atoms with E-state index in [9.17, 15) is 14.7 Å². The number of benzene rings is 1. The summed E-state index contributed by atoms with van der Waals surface area (Å²) in [5, 5.41) is 21.4. The number of carbonyl (C=O) groups excluding carboxylic acids is 2. The van der Waals surface area contributed by atoms with Crippen molar-refractivity contribution in [2.24, 2.45) is 5.41 Å². The zero-order valence-electron chi connectivity index (χ0n) is 13.7. The smallest absolute Gasteiger partial charge is 0.249 e. The predicted octanol–water partition coefficient (Wildman–Crippen LogP) is 1.24. The van der Waals surface area contributed by atoms with Crippen molar-refractivity contribution in [3.05, 3.63) is 48.0 Å². The third-order valence-corrected chi connectivity index (χ3v) is 3.57. The van der Waals surface area contributed by atoms with Crippen molar-refractivity contribution in [2.45, 2.75) is 32.8 Å². The monoisotopic (exact) mass is 319 g/mol. The van der Waals surface area contributed by atoms with Crippen molar-refractivity contribution < 1.29 is 19.8 Å². The van der Waals surface area contributed by atoms with Crippen molar-refractivity contribution in [3.8, 4) is 0 Å². The molecule has 0 aliphatic heterocycles. The molecule has 0 aliphatic rings. The van der Waals surface area contributed by atoms with Gasteiger partial charge < -0.3 is 15.5 Å². The highest BCUT2D eigenvalue weighted by Crippen LogP contribution is 2.19. The maximum absolute atomic E-state index is 11.7. The van der Waals surface area contributed by atoms with Crippen LogP contribution in [-0.4, -0.2) is 41.2 Å². The van der Waals surface area contributed by atoms with Gasteiger partial charge in [0.1, 0.15) is 6.10 Å². The average Bonchev–Trinajstić information content (AvgIpc) is 2.55. The molecule has 1 rings (SSSR count). The van der Waals surface area contributed by atoms with Gasteiger partial charge in [-0.15, -0.1) is 0 Å². The van der Waals surface area contributed by atoms with E-state index in [1.165, 1.54) is 6.08 Å². The molecule has 126 valence electrons. The van der Waals surface area contributed by atoms with E-state index in [-0.39, 0.29) is 25.4 Å². The molecule has 0 saturated carbocycles. The molecule has 1 aromatic rings. The normalized spacial score (nSPS) is 13.0. The highest BCUT2D eigenvalue weighted by atomic mass is 16.3. The maximum Gasteiger partial charge on any atom is 0.249 e. The van der Waals surface area contributed by atoms with Crippen molar-refractivity contribution >= 4 is 11.7 Å². The number of carbonyl (C=O) groups is 2. The first-order valence-corrected chi connectivity index (χ1v) is 7.67. The van der Waals surface area contributed by atoms with Gasteiger partial charge in [0.2, 0.25) is 5.91 Å². The van der Waals surface area contributed by atoms with Crippen LogP contribution in [0.2, 0.25) is 0 Å². The highest BCUT2D eigenvalue weighted by molar-refractivity contribution is 5.90. The lowest BCUT2D eigenvalue weighted by atomic mass is 9.87. The average molecular weight is 319 g/mol. The van der Waals surface area contributed by atoms with Crippen molar-refractivity contribution in [3.63, 3.8) is 0 Å². The van der Waals surface area contributed by atoms with Gasteiger partial charge in [0.25, 0.3) is 0 Å². The Labute approximate surface area is 137 Å². The Balaban J connectivity index is 2.30. The van der Waals surface area contributed by atoms with E-state index in [0.29, 0.717) is 6.42 Å². The maximum atomic E-state index is 11.7. The number of allylic oxidation sites excluding steroid dienone is 2. The van der Waals surface area contributed by atoms with Gasteiger partial charge in [-0.25, -0.2) is 0 Å². The van der Waals surface area contributed by atoms with Crippen LogP contribution >= 0.6 is 0 Å². The molecule has 5 nitrogen and oxygen atoms in total. The molecule has 3 N–H and O–H groups in total. The molecule has 0 heterocycles. The Bertz CT molecular complexity index is 537. The Hall–Kier alpha value is -1.98. The summed E-state index contributed by atoms with van der Waals surface area (Å²) < 4.78 is 0. The van der Waals surface area contributed by atoms with Crippen LogP contribution in [0.25, 0.3) is 0 Å². The minimum absolute atomic E-state index is 0.0860. The fraction of sp³-hybridized carbons (Fsp3) is 0.444. The molecular weight excluding hydrogens is 294 g/mol. The predicted molar refractivity (Wildman–Crippen MR) is 88.8 cm³/mol. The molecule has 0 fully saturated rings. The molecule has 0 spiro atoms. The van der Waals surface area contributed by atoms with Crippen LogP contribution in [-0.2, 0) is 16.0 Å². The number of rotatable bonds is 9. The summed E-state index contributed by atoms with van der Waals surface area (Å²) in [5.41, 5.74) is 0.211. The lowest BCUT2D eigenvalue weighted by Gasteiger charge is -2.27. The summed E-state index contributed by atoms with van der Waals surface area (Å²) in [6.45, 7) is 3.04. The fourth-order valence-electron chi connectivity index (χ4n) is 1.87. The highest BCUT2D eigenvalue weighted by Gasteiger charge is 2.32. The molecule has 1 amide bonds. The van der Waals surface area contributed by atoms with Gasteiger partial charge in [0, 0.05) is 18.4 Å². The number of hydrogen-bond donors (Lipinski definition) is 3. The molecule has 5 heteroatoms. The summed E-state index contributed by atoms with van der Waals surface area (Å²) in [7, 11) is 0. The lowest BCUT2D eigenvalue weighted by Crippen LogP contribution is -2.45. The fourth-order valence-corrected chi connectivity index (χ4v) is 1.87. The van der Waals surface area contributed by atoms with Crippen LogP contribution in [0.15, 0.2) is 42.5 Å². The SMILES string of the molecule is CC(C)(CO)C(O)C(=O)NCCC(=O)C=CCc1ccccc1. The van der Waals surface area contributed by atoms with Gasteiger partial charge in [0.05, 0.1) is 6.61 Å². The van der Waals surface area contributed by atoms with Gasteiger partial charge in [-0.05, 0) is 18.1 Å². The Morgan fingerprint density at radius 3 is 2.52 bits per heavy atom. The zero-order valence-corrected chi connectivity index (χ0v) is 13.7. The Morgan fingerprint density at radius 1 is 1.26 bits per heavy atom. The standard InChI is InChI=1S/C18H25NO4/c1-18(2,13-20)16(22)17(23)19-12-11-15(21)10-6-9-14-7-4-3-5-8-14/h3-8,10,16,20,22H,9,11-13H2,1-2H3,(H,19,23). The van der Waals surface area contributed by atoms with Crippen molar-refractivity contribution in [1.29, 1.82) is 0 Å². The molecule has 1 unspecified atom stereocenters. The summed E-state index contributed by atoms with van der Waals surface area (Å²) in [4.78, 5) is 23.4. The van der Waals surface area contributed by atoms with Crippen LogP contribution in [0.4, 0.5) is 0 Å². The van der Waals surface area contributed by atoms with E-state index >= 15 is 0 Å². The first-order valence-electron chi connectivity index (χ1n) is 7.67. The van der Waals surface area contributed by atoms with Gasteiger partial charge in [-0.1, -0.05) is 50.3 Å². The number of nitrogens with one attached hydrogen (secondary N) is 1. The number of aliphatic hydroxyl groups is 2. The minimum Gasteiger partial charge on any atom is -0.396 e. The van der Waals surface area contributed by atoms with E-state index in [4.69, 9.17) is 5.11 Å². The summed E-state index contributed by atoms with van der Waals surface area (Å²) in [6, 6.07) is 9.80. The van der Waals surface area contributed by atoms with E-state index in [2.05, 4.69) is 5.32 Å². The van der Waals surface area contributed by atoms with E-state index in [1.807, 2.05) is 30.3 Å². The first-order chi connectivity index (χ1) is 10.9. The zero-order chi connectivity index (χ0) is 17.3. The van der Waals surface area contributed by atoms with Crippen LogP contribution < -0.4 is 5.32 Å². The number of amides is 1. The Kier molecular flexibility index (Phi) is 7.65. The van der Waals surface area contributed by atoms with Crippen LogP contribution in [0.3, 0.4) is 0 Å². The van der Waals surface area contributed by atoms with Crippen LogP contribution in [0, 0.1) is 5.41 Å². The van der Waals surface area contributed by atoms with E-state index < -0.39 is 17.4 Å². The largest absolute Gasteiger partial charge is 0.396 e. The third-order valence-electron chi connectivity index (χ3n) is 3.57. The summed E-state index contributed by atoms with van der Waals surface area (Å²) in [5.74, 6) is -0.665. The van der Waals surface area contributed by atoms with Crippen LogP contribution in [0.1, 0.15) is 25.8 Å². The van der Waals surface area contributed by atoms with Gasteiger partial charge in [-0.3, -0.25) is 9.59 Å². The quantitative estimate of drug-likeness (QED) is 0.598. The summed E-state index contributed by atoms with van der Waals surface area (Å²) >= 11 is 0. The first kappa shape index (κ1) is 19.1.